The largest absolute Gasteiger partial charge is 0.481 e. The van der Waals surface area contributed by atoms with E-state index in [1.54, 1.807) is 0 Å². The molecule has 1 aliphatic carbocycles. The smallest absolute Gasteiger partial charge is 0.303 e. The fourth-order valence-electron chi connectivity index (χ4n) is 3.59. The van der Waals surface area contributed by atoms with Crippen molar-refractivity contribution in [2.75, 3.05) is 6.61 Å². The van der Waals surface area contributed by atoms with E-state index >= 15 is 0 Å². The molecule has 0 heterocycles. The quantitative estimate of drug-likeness (QED) is 0.440. The molecule has 26 heavy (non-hydrogen) atoms. The van der Waals surface area contributed by atoms with Crippen LogP contribution in [0.15, 0.2) is 36.4 Å². The molecular weight excluding hydrogens is 332 g/mol. The number of aliphatic carboxylic acids is 1. The van der Waals surface area contributed by atoms with Gasteiger partial charge in [-0.1, -0.05) is 42.0 Å². The molecule has 144 valence electrons. The van der Waals surface area contributed by atoms with Crippen LogP contribution in [0, 0.1) is 18.8 Å². The number of carboxylic acid groups (broad SMARTS) is 1. The lowest BCUT2D eigenvalue weighted by atomic mass is 9.91. The Balaban J connectivity index is 1.79. The van der Waals surface area contributed by atoms with Crippen LogP contribution in [0.25, 0.3) is 0 Å². The van der Waals surface area contributed by atoms with Crippen molar-refractivity contribution in [2.24, 2.45) is 11.8 Å². The third kappa shape index (κ3) is 6.56. The van der Waals surface area contributed by atoms with Gasteiger partial charge in [-0.3, -0.25) is 4.79 Å². The van der Waals surface area contributed by atoms with Gasteiger partial charge in [0.2, 0.25) is 0 Å². The number of ether oxygens (including phenoxy) is 1. The summed E-state index contributed by atoms with van der Waals surface area (Å²) in [6, 6.07) is 8.14. The van der Waals surface area contributed by atoms with E-state index in [0.29, 0.717) is 38.9 Å². The van der Waals surface area contributed by atoms with Crippen molar-refractivity contribution in [2.45, 2.75) is 57.8 Å². The minimum Gasteiger partial charge on any atom is -0.481 e. The van der Waals surface area contributed by atoms with E-state index in [9.17, 15) is 15.0 Å². The Morgan fingerprint density at radius 2 is 2.00 bits per heavy atom. The first-order valence-electron chi connectivity index (χ1n) is 9.33. The molecule has 2 rings (SSSR count). The number of aliphatic hydroxyl groups excluding tert-OH is 2. The first-order chi connectivity index (χ1) is 12.5. The third-order valence-corrected chi connectivity index (χ3v) is 5.02. The van der Waals surface area contributed by atoms with Gasteiger partial charge < -0.3 is 20.1 Å². The van der Waals surface area contributed by atoms with E-state index in [-0.39, 0.29) is 18.3 Å². The van der Waals surface area contributed by atoms with Crippen molar-refractivity contribution in [3.05, 3.63) is 47.5 Å². The van der Waals surface area contributed by atoms with Gasteiger partial charge in [0.15, 0.2) is 0 Å². The molecule has 0 spiro atoms. The van der Waals surface area contributed by atoms with Gasteiger partial charge >= 0.3 is 5.97 Å². The predicted molar refractivity (Wildman–Crippen MR) is 99.7 cm³/mol. The lowest BCUT2D eigenvalue weighted by molar-refractivity contribution is -0.137. The van der Waals surface area contributed by atoms with Gasteiger partial charge in [0.05, 0.1) is 25.4 Å². The minimum absolute atomic E-state index is 0.0294. The third-order valence-electron chi connectivity index (χ3n) is 5.02. The second-order valence-electron chi connectivity index (χ2n) is 7.20. The van der Waals surface area contributed by atoms with Crippen LogP contribution in [0.3, 0.4) is 0 Å². The summed E-state index contributed by atoms with van der Waals surface area (Å²) in [7, 11) is 0. The zero-order valence-corrected chi connectivity index (χ0v) is 15.4. The molecule has 0 saturated heterocycles. The van der Waals surface area contributed by atoms with Gasteiger partial charge in [0.25, 0.3) is 0 Å². The van der Waals surface area contributed by atoms with Crippen molar-refractivity contribution in [1.82, 2.24) is 0 Å². The summed E-state index contributed by atoms with van der Waals surface area (Å²) < 4.78 is 5.82. The van der Waals surface area contributed by atoms with Crippen molar-refractivity contribution in [1.29, 1.82) is 0 Å². The fourth-order valence-corrected chi connectivity index (χ4v) is 3.59. The van der Waals surface area contributed by atoms with Crippen LogP contribution < -0.4 is 0 Å². The summed E-state index contributed by atoms with van der Waals surface area (Å²) in [6.45, 7) is 2.96. The molecule has 5 nitrogen and oxygen atoms in total. The van der Waals surface area contributed by atoms with Crippen molar-refractivity contribution in [3.63, 3.8) is 0 Å². The molecule has 1 saturated carbocycles. The number of carbonyl (C=O) groups is 1. The van der Waals surface area contributed by atoms with Crippen molar-refractivity contribution >= 4 is 5.97 Å². The molecule has 4 atom stereocenters. The average molecular weight is 362 g/mol. The zero-order valence-electron chi connectivity index (χ0n) is 15.4. The first-order valence-corrected chi connectivity index (χ1v) is 9.33. The lowest BCUT2D eigenvalue weighted by Gasteiger charge is -2.22. The van der Waals surface area contributed by atoms with Gasteiger partial charge in [-0.2, -0.15) is 0 Å². The molecule has 0 amide bonds. The Kier molecular flexibility index (Phi) is 8.29. The van der Waals surface area contributed by atoms with E-state index in [0.717, 1.165) is 5.56 Å². The number of carboxylic acids is 1. The van der Waals surface area contributed by atoms with Crippen LogP contribution in [-0.4, -0.2) is 40.1 Å². The molecule has 5 heteroatoms. The number of aryl methyl sites for hydroxylation is 1. The Morgan fingerprint density at radius 1 is 1.23 bits per heavy atom. The predicted octanol–water partition coefficient (Wildman–Crippen LogP) is 3.07. The summed E-state index contributed by atoms with van der Waals surface area (Å²) in [5.74, 6) is -0.893. The first kappa shape index (κ1) is 20.6. The Morgan fingerprint density at radius 3 is 2.73 bits per heavy atom. The maximum atomic E-state index is 10.5. The lowest BCUT2D eigenvalue weighted by Crippen LogP contribution is -2.26. The average Bonchev–Trinajstić information content (AvgIpc) is 2.84. The highest BCUT2D eigenvalue weighted by Crippen LogP contribution is 2.35. The van der Waals surface area contributed by atoms with Crippen molar-refractivity contribution < 1.29 is 24.9 Å². The number of unbranched alkanes of at least 4 members (excludes halogenated alkanes) is 1. The Bertz CT molecular complexity index is 598. The standard InChI is InChI=1S/C21H30O5/c1-15-7-6-8-16(11-15)13-26-14-18-17(19(22)12-20(18)23)9-4-2-3-5-10-21(24)25/h2,4,6-8,11,17-20,22-23H,3,5,9-10,12-14H2,1H3,(H,24,25)/b4-2-. The maximum absolute atomic E-state index is 10.5. The molecule has 1 fully saturated rings. The summed E-state index contributed by atoms with van der Waals surface area (Å²) in [5, 5.41) is 29.1. The van der Waals surface area contributed by atoms with Crippen LogP contribution in [0.4, 0.5) is 0 Å². The van der Waals surface area contributed by atoms with Gasteiger partial charge in [-0.15, -0.1) is 0 Å². The number of hydrogen-bond acceptors (Lipinski definition) is 4. The topological polar surface area (TPSA) is 87.0 Å². The van der Waals surface area contributed by atoms with Crippen molar-refractivity contribution in [3.8, 4) is 0 Å². The molecule has 0 radical (unpaired) electrons. The second-order valence-corrected chi connectivity index (χ2v) is 7.20. The molecule has 1 aromatic rings. The fraction of sp³-hybridized carbons (Fsp3) is 0.571. The van der Waals surface area contributed by atoms with E-state index in [4.69, 9.17) is 9.84 Å². The molecular formula is C21H30O5. The van der Waals surface area contributed by atoms with Crippen LogP contribution in [0.2, 0.25) is 0 Å². The zero-order chi connectivity index (χ0) is 18.9. The highest BCUT2D eigenvalue weighted by Gasteiger charge is 2.40. The number of benzene rings is 1. The number of rotatable bonds is 10. The second kappa shape index (κ2) is 10.5. The Hall–Kier alpha value is -1.69. The van der Waals surface area contributed by atoms with Gasteiger partial charge in [-0.25, -0.2) is 0 Å². The highest BCUT2D eigenvalue weighted by atomic mass is 16.5. The molecule has 4 unspecified atom stereocenters. The van der Waals surface area contributed by atoms with E-state index < -0.39 is 18.2 Å². The van der Waals surface area contributed by atoms with E-state index in [1.807, 2.05) is 37.3 Å². The van der Waals surface area contributed by atoms with Gasteiger partial charge in [0, 0.05) is 12.3 Å². The number of aliphatic hydroxyl groups is 2. The molecule has 3 N–H and O–H groups in total. The van der Waals surface area contributed by atoms with Crippen LogP contribution >= 0.6 is 0 Å². The molecule has 0 bridgehead atoms. The summed E-state index contributed by atoms with van der Waals surface area (Å²) in [5.41, 5.74) is 2.29. The molecule has 0 aromatic heterocycles. The molecule has 1 aliphatic rings. The number of hydrogen-bond donors (Lipinski definition) is 3. The maximum Gasteiger partial charge on any atom is 0.303 e. The summed E-state index contributed by atoms with van der Waals surface area (Å²) in [6.07, 6.45) is 5.43. The number of allylic oxidation sites excluding steroid dienone is 2. The Labute approximate surface area is 155 Å². The highest BCUT2D eigenvalue weighted by molar-refractivity contribution is 5.66. The van der Waals surface area contributed by atoms with Crippen LogP contribution in [0.5, 0.6) is 0 Å². The van der Waals surface area contributed by atoms with Crippen LogP contribution in [0.1, 0.15) is 43.2 Å². The summed E-state index contributed by atoms with van der Waals surface area (Å²) >= 11 is 0. The summed E-state index contributed by atoms with van der Waals surface area (Å²) in [4.78, 5) is 10.5. The molecule has 1 aromatic carbocycles. The van der Waals surface area contributed by atoms with Gasteiger partial charge in [-0.05, 0) is 44.1 Å². The van der Waals surface area contributed by atoms with E-state index in [1.165, 1.54) is 5.56 Å². The van der Waals surface area contributed by atoms with Gasteiger partial charge in [0.1, 0.15) is 0 Å². The molecule has 0 aliphatic heterocycles. The van der Waals surface area contributed by atoms with Crippen LogP contribution in [-0.2, 0) is 16.1 Å². The van der Waals surface area contributed by atoms with E-state index in [2.05, 4.69) is 6.07 Å². The normalized spacial score (nSPS) is 25.8. The SMILES string of the molecule is Cc1cccc(COCC2C(O)CC(O)C2C/C=C\CCCC(=O)O)c1. The minimum atomic E-state index is -0.779. The monoisotopic (exact) mass is 362 g/mol.